The normalized spacial score (nSPS) is 10.4. The first-order valence-corrected chi connectivity index (χ1v) is 8.75. The van der Waals surface area contributed by atoms with E-state index >= 15 is 0 Å². The van der Waals surface area contributed by atoms with E-state index in [9.17, 15) is 9.59 Å². The van der Waals surface area contributed by atoms with Gasteiger partial charge in [-0.3, -0.25) is 9.59 Å². The molecular weight excluding hydrogens is 382 g/mol. The SMILES string of the molecule is COc1cc(Cl)c(C)cc1NC(=O)c1ccc(C(=O)Nc2cc(C)on2)cc1. The first-order chi connectivity index (χ1) is 13.4. The van der Waals surface area contributed by atoms with Crippen molar-refractivity contribution < 1.29 is 18.8 Å². The molecule has 0 saturated heterocycles. The molecule has 0 fully saturated rings. The summed E-state index contributed by atoms with van der Waals surface area (Å²) in [6, 6.07) is 11.2. The zero-order chi connectivity index (χ0) is 20.3. The van der Waals surface area contributed by atoms with Gasteiger partial charge < -0.3 is 19.9 Å². The molecule has 2 amide bonds. The highest BCUT2D eigenvalue weighted by Gasteiger charge is 2.14. The van der Waals surface area contributed by atoms with Crippen LogP contribution in [-0.2, 0) is 0 Å². The average Bonchev–Trinajstić information content (AvgIpc) is 3.09. The predicted molar refractivity (Wildman–Crippen MR) is 106 cm³/mol. The molecule has 0 aliphatic heterocycles. The Labute approximate surface area is 166 Å². The van der Waals surface area contributed by atoms with Crippen LogP contribution in [-0.4, -0.2) is 24.1 Å². The van der Waals surface area contributed by atoms with E-state index in [1.807, 2.05) is 6.92 Å². The number of aromatic nitrogens is 1. The Balaban J connectivity index is 1.72. The molecule has 0 aliphatic carbocycles. The van der Waals surface area contributed by atoms with Crippen LogP contribution < -0.4 is 15.4 Å². The van der Waals surface area contributed by atoms with Crippen LogP contribution >= 0.6 is 11.6 Å². The lowest BCUT2D eigenvalue weighted by Crippen LogP contribution is -2.15. The van der Waals surface area contributed by atoms with Gasteiger partial charge in [0.05, 0.1) is 12.8 Å². The number of amides is 2. The Bertz CT molecular complexity index is 1030. The van der Waals surface area contributed by atoms with E-state index in [0.717, 1.165) is 5.56 Å². The molecule has 0 aliphatic rings. The van der Waals surface area contributed by atoms with Gasteiger partial charge in [0.15, 0.2) is 5.82 Å². The number of nitrogens with one attached hydrogen (secondary N) is 2. The number of ether oxygens (including phenoxy) is 1. The zero-order valence-electron chi connectivity index (χ0n) is 15.5. The van der Waals surface area contributed by atoms with Gasteiger partial charge in [-0.05, 0) is 49.7 Å². The molecule has 0 spiro atoms. The maximum absolute atomic E-state index is 12.5. The molecule has 7 nitrogen and oxygen atoms in total. The monoisotopic (exact) mass is 399 g/mol. The molecule has 2 aromatic carbocycles. The van der Waals surface area contributed by atoms with Crippen molar-refractivity contribution in [3.8, 4) is 5.75 Å². The van der Waals surface area contributed by atoms with Gasteiger partial charge >= 0.3 is 0 Å². The van der Waals surface area contributed by atoms with Gasteiger partial charge in [0.2, 0.25) is 0 Å². The molecule has 144 valence electrons. The zero-order valence-corrected chi connectivity index (χ0v) is 16.3. The third-order valence-electron chi connectivity index (χ3n) is 4.01. The summed E-state index contributed by atoms with van der Waals surface area (Å²) in [4.78, 5) is 24.8. The lowest BCUT2D eigenvalue weighted by atomic mass is 10.1. The van der Waals surface area contributed by atoms with Crippen molar-refractivity contribution in [3.63, 3.8) is 0 Å². The van der Waals surface area contributed by atoms with E-state index < -0.39 is 0 Å². The summed E-state index contributed by atoms with van der Waals surface area (Å²) in [6.45, 7) is 3.56. The first-order valence-electron chi connectivity index (χ1n) is 8.37. The van der Waals surface area contributed by atoms with Crippen LogP contribution in [0.5, 0.6) is 5.75 Å². The maximum atomic E-state index is 12.5. The summed E-state index contributed by atoms with van der Waals surface area (Å²) >= 11 is 6.08. The molecule has 0 saturated carbocycles. The fourth-order valence-electron chi connectivity index (χ4n) is 2.51. The molecule has 3 rings (SSSR count). The lowest BCUT2D eigenvalue weighted by Gasteiger charge is -2.12. The first kappa shape index (κ1) is 19.4. The highest BCUT2D eigenvalue weighted by molar-refractivity contribution is 6.31. The number of aryl methyl sites for hydroxylation is 2. The summed E-state index contributed by atoms with van der Waals surface area (Å²) in [5.74, 6) is 0.696. The molecule has 2 N–H and O–H groups in total. The van der Waals surface area contributed by atoms with Gasteiger partial charge in [-0.2, -0.15) is 0 Å². The van der Waals surface area contributed by atoms with Crippen LogP contribution in [0.25, 0.3) is 0 Å². The summed E-state index contributed by atoms with van der Waals surface area (Å²) in [5.41, 5.74) is 2.10. The number of rotatable bonds is 5. The van der Waals surface area contributed by atoms with Crippen LogP contribution in [0, 0.1) is 13.8 Å². The second kappa shape index (κ2) is 8.14. The fraction of sp³-hybridized carbons (Fsp3) is 0.150. The summed E-state index contributed by atoms with van der Waals surface area (Å²) in [6.07, 6.45) is 0. The van der Waals surface area contributed by atoms with Crippen LogP contribution in [0.15, 0.2) is 47.0 Å². The van der Waals surface area contributed by atoms with Gasteiger partial charge in [0.1, 0.15) is 11.5 Å². The Morgan fingerprint density at radius 1 is 1.00 bits per heavy atom. The lowest BCUT2D eigenvalue weighted by molar-refractivity contribution is 0.101. The minimum absolute atomic E-state index is 0.328. The van der Waals surface area contributed by atoms with Crippen molar-refractivity contribution in [2.24, 2.45) is 0 Å². The number of anilines is 2. The number of hydrogen-bond donors (Lipinski definition) is 2. The fourth-order valence-corrected chi connectivity index (χ4v) is 2.66. The third kappa shape index (κ3) is 4.32. The van der Waals surface area contributed by atoms with Gasteiger partial charge in [-0.25, -0.2) is 0 Å². The molecule has 8 heteroatoms. The molecule has 3 aromatic rings. The van der Waals surface area contributed by atoms with Gasteiger partial charge in [-0.15, -0.1) is 0 Å². The molecule has 28 heavy (non-hydrogen) atoms. The van der Waals surface area contributed by atoms with Gasteiger partial charge in [0.25, 0.3) is 11.8 Å². The predicted octanol–water partition coefficient (Wildman–Crippen LogP) is 4.46. The smallest absolute Gasteiger partial charge is 0.256 e. The van der Waals surface area contributed by atoms with Crippen LogP contribution in [0.1, 0.15) is 32.0 Å². The van der Waals surface area contributed by atoms with Crippen molar-refractivity contribution in [3.05, 3.63) is 69.9 Å². The van der Waals surface area contributed by atoms with Crippen LogP contribution in [0.2, 0.25) is 5.02 Å². The van der Waals surface area contributed by atoms with Crippen molar-refractivity contribution in [2.45, 2.75) is 13.8 Å². The summed E-state index contributed by atoms with van der Waals surface area (Å²) < 4.78 is 10.2. The largest absolute Gasteiger partial charge is 0.495 e. The second-order valence-corrected chi connectivity index (χ2v) is 6.52. The number of carbonyl (C=O) groups excluding carboxylic acids is 2. The standard InChI is InChI=1S/C20H18ClN3O4/c1-11-8-16(17(27-3)10-15(11)21)22-19(25)13-4-6-14(7-5-13)20(26)23-18-9-12(2)28-24-18/h4-10H,1-3H3,(H,22,25)(H,23,24,26). The Kier molecular flexibility index (Phi) is 5.65. The quantitative estimate of drug-likeness (QED) is 0.660. The van der Waals surface area contributed by atoms with Crippen LogP contribution in [0.4, 0.5) is 11.5 Å². The van der Waals surface area contributed by atoms with E-state index in [1.165, 1.54) is 7.11 Å². The number of methoxy groups -OCH3 is 1. The van der Waals surface area contributed by atoms with Crippen molar-refractivity contribution in [1.82, 2.24) is 5.16 Å². The van der Waals surface area contributed by atoms with Crippen molar-refractivity contribution in [2.75, 3.05) is 17.7 Å². The molecule has 0 radical (unpaired) electrons. The van der Waals surface area contributed by atoms with E-state index in [4.69, 9.17) is 20.9 Å². The minimum atomic E-state index is -0.352. The summed E-state index contributed by atoms with van der Waals surface area (Å²) in [5, 5.41) is 9.67. The van der Waals surface area contributed by atoms with Crippen molar-refractivity contribution >= 4 is 34.9 Å². The second-order valence-electron chi connectivity index (χ2n) is 6.11. The highest BCUT2D eigenvalue weighted by Crippen LogP contribution is 2.31. The Morgan fingerprint density at radius 2 is 1.61 bits per heavy atom. The number of carbonyl (C=O) groups is 2. The number of nitrogens with zero attached hydrogens (tertiary/aromatic N) is 1. The average molecular weight is 400 g/mol. The van der Waals surface area contributed by atoms with E-state index in [1.54, 1.807) is 49.4 Å². The maximum Gasteiger partial charge on any atom is 0.256 e. The van der Waals surface area contributed by atoms with E-state index in [2.05, 4.69) is 15.8 Å². The molecule has 1 aromatic heterocycles. The Morgan fingerprint density at radius 3 is 2.14 bits per heavy atom. The summed E-state index contributed by atoms with van der Waals surface area (Å²) in [7, 11) is 1.50. The highest BCUT2D eigenvalue weighted by atomic mass is 35.5. The van der Waals surface area contributed by atoms with Crippen molar-refractivity contribution in [1.29, 1.82) is 0 Å². The van der Waals surface area contributed by atoms with Gasteiger partial charge in [-0.1, -0.05) is 16.8 Å². The molecule has 1 heterocycles. The van der Waals surface area contributed by atoms with E-state index in [0.29, 0.717) is 39.2 Å². The number of halogens is 1. The van der Waals surface area contributed by atoms with Crippen LogP contribution in [0.3, 0.4) is 0 Å². The minimum Gasteiger partial charge on any atom is -0.495 e. The molecule has 0 bridgehead atoms. The number of benzene rings is 2. The van der Waals surface area contributed by atoms with E-state index in [-0.39, 0.29) is 11.8 Å². The third-order valence-corrected chi connectivity index (χ3v) is 4.41. The number of hydrogen-bond acceptors (Lipinski definition) is 5. The molecular formula is C20H18ClN3O4. The van der Waals surface area contributed by atoms with Gasteiger partial charge in [0, 0.05) is 28.3 Å². The Hall–Kier alpha value is -3.32. The topological polar surface area (TPSA) is 93.5 Å². The molecule has 0 unspecified atom stereocenters. The molecule has 0 atom stereocenters.